The number of halogens is 2. The minimum atomic E-state index is -3.84. The summed E-state index contributed by atoms with van der Waals surface area (Å²) in [7, 11) is -3.84. The van der Waals surface area contributed by atoms with Gasteiger partial charge in [0.15, 0.2) is 5.03 Å². The van der Waals surface area contributed by atoms with Crippen molar-refractivity contribution in [1.29, 1.82) is 0 Å². The van der Waals surface area contributed by atoms with E-state index in [4.69, 9.17) is 16.3 Å². The molecule has 10 heteroatoms. The number of nitrogens with zero attached hydrogens (tertiary/aromatic N) is 4. The highest BCUT2D eigenvalue weighted by molar-refractivity contribution is 7.92. The zero-order chi connectivity index (χ0) is 19.2. The van der Waals surface area contributed by atoms with Gasteiger partial charge in [-0.25, -0.2) is 27.8 Å². The zero-order valence-electron chi connectivity index (χ0n) is 14.6. The first-order chi connectivity index (χ1) is 12.8. The second-order valence-corrected chi connectivity index (χ2v) is 9.35. The van der Waals surface area contributed by atoms with Crippen molar-refractivity contribution in [3.05, 3.63) is 41.2 Å². The van der Waals surface area contributed by atoms with Crippen LogP contribution in [0.5, 0.6) is 0 Å². The minimum Gasteiger partial charge on any atom is -0.377 e. The van der Waals surface area contributed by atoms with E-state index in [-0.39, 0.29) is 16.4 Å². The lowest BCUT2D eigenvalue weighted by molar-refractivity contribution is 0.0985. The van der Waals surface area contributed by atoms with Gasteiger partial charge in [0.25, 0.3) is 0 Å². The molecule has 1 aliphatic carbocycles. The molecule has 7 nitrogen and oxygen atoms in total. The molecule has 1 saturated carbocycles. The Hall–Kier alpha value is -1.84. The quantitative estimate of drug-likeness (QED) is 0.712. The molecule has 0 amide bonds. The average molecular weight is 413 g/mol. The van der Waals surface area contributed by atoms with Gasteiger partial charge in [-0.2, -0.15) is 0 Å². The van der Waals surface area contributed by atoms with E-state index in [1.165, 1.54) is 6.07 Å². The minimum absolute atomic E-state index is 0.00488. The highest BCUT2D eigenvalue weighted by Gasteiger charge is 2.58. The molecule has 0 bridgehead atoms. The fourth-order valence-electron chi connectivity index (χ4n) is 3.35. The molecule has 2 aromatic heterocycles. The Morgan fingerprint density at radius 2 is 2.11 bits per heavy atom. The molecule has 2 fully saturated rings. The highest BCUT2D eigenvalue weighted by atomic mass is 35.5. The monoisotopic (exact) mass is 412 g/mol. The molecule has 0 radical (unpaired) electrons. The van der Waals surface area contributed by atoms with Crippen LogP contribution in [0, 0.1) is 5.82 Å². The van der Waals surface area contributed by atoms with E-state index in [0.29, 0.717) is 44.1 Å². The van der Waals surface area contributed by atoms with Gasteiger partial charge in [0, 0.05) is 12.6 Å². The summed E-state index contributed by atoms with van der Waals surface area (Å²) < 4.78 is 43.7. The lowest BCUT2D eigenvalue weighted by Gasteiger charge is -2.34. The molecule has 1 atom stereocenters. The Morgan fingerprint density at radius 1 is 1.33 bits per heavy atom. The van der Waals surface area contributed by atoms with Crippen LogP contribution in [0.1, 0.15) is 25.5 Å². The van der Waals surface area contributed by atoms with E-state index in [1.54, 1.807) is 6.07 Å². The van der Waals surface area contributed by atoms with Crippen LogP contribution in [0.3, 0.4) is 0 Å². The van der Waals surface area contributed by atoms with E-state index in [0.717, 1.165) is 12.3 Å². The predicted octanol–water partition coefficient (Wildman–Crippen LogP) is 2.35. The number of rotatable bonds is 4. The molecular weight excluding hydrogens is 395 g/mol. The number of pyridine rings is 1. The van der Waals surface area contributed by atoms with Crippen LogP contribution >= 0.6 is 11.6 Å². The summed E-state index contributed by atoms with van der Waals surface area (Å²) in [5.41, 5.74) is 0.349. The highest BCUT2D eigenvalue weighted by Crippen LogP contribution is 2.54. The molecule has 2 aliphatic rings. The second kappa shape index (κ2) is 6.65. The van der Waals surface area contributed by atoms with Crippen LogP contribution in [-0.2, 0) is 19.3 Å². The first-order valence-corrected chi connectivity index (χ1v) is 10.5. The van der Waals surface area contributed by atoms with Crippen molar-refractivity contribution in [3.8, 4) is 0 Å². The number of sulfone groups is 1. The molecule has 1 aliphatic heterocycles. The van der Waals surface area contributed by atoms with Gasteiger partial charge < -0.3 is 9.64 Å². The van der Waals surface area contributed by atoms with Crippen LogP contribution in [0.2, 0.25) is 5.28 Å². The molecule has 0 spiro atoms. The van der Waals surface area contributed by atoms with Crippen molar-refractivity contribution in [3.63, 3.8) is 0 Å². The Morgan fingerprint density at radius 3 is 2.74 bits per heavy atom. The standard InChI is InChI=1S/C17H18ClFN4O3S/c1-11-10-26-7-6-23(11)14-8-13(21-16(18)22-14)17(4-5-17)27(24,25)15-3-2-12(19)9-20-15/h2-3,8-9,11H,4-7,10H2,1H3/t11-/m0/s1. The van der Waals surface area contributed by atoms with Crippen LogP contribution in [-0.4, -0.2) is 49.2 Å². The number of hydrogen-bond donors (Lipinski definition) is 0. The third-order valence-corrected chi connectivity index (χ3v) is 7.62. The molecule has 4 rings (SSSR count). The molecule has 0 unspecified atom stereocenters. The summed E-state index contributed by atoms with van der Waals surface area (Å²) >= 11 is 6.13. The molecular formula is C17H18ClFN4O3S. The molecule has 3 heterocycles. The van der Waals surface area contributed by atoms with E-state index in [2.05, 4.69) is 15.0 Å². The number of aromatic nitrogens is 3. The lowest BCUT2D eigenvalue weighted by atomic mass is 10.2. The average Bonchev–Trinajstić information content (AvgIpc) is 3.44. The third-order valence-electron chi connectivity index (χ3n) is 5.01. The van der Waals surface area contributed by atoms with Crippen LogP contribution in [0.4, 0.5) is 10.2 Å². The van der Waals surface area contributed by atoms with E-state index in [1.807, 2.05) is 11.8 Å². The number of hydrogen-bond acceptors (Lipinski definition) is 7. The van der Waals surface area contributed by atoms with Gasteiger partial charge in [0.2, 0.25) is 15.1 Å². The lowest BCUT2D eigenvalue weighted by Crippen LogP contribution is -2.44. The summed E-state index contributed by atoms with van der Waals surface area (Å²) in [4.78, 5) is 14.3. The summed E-state index contributed by atoms with van der Waals surface area (Å²) in [5, 5.41) is -0.174. The van der Waals surface area contributed by atoms with Gasteiger partial charge >= 0.3 is 0 Å². The second-order valence-electron chi connectivity index (χ2n) is 6.81. The summed E-state index contributed by atoms with van der Waals surface area (Å²) in [6, 6.07) is 4.03. The van der Waals surface area contributed by atoms with Crippen molar-refractivity contribution in [1.82, 2.24) is 15.0 Å². The number of ether oxygens (including phenoxy) is 1. The zero-order valence-corrected chi connectivity index (χ0v) is 16.2. The Labute approximate surface area is 161 Å². The van der Waals surface area contributed by atoms with E-state index < -0.39 is 20.4 Å². The maximum Gasteiger partial charge on any atom is 0.224 e. The number of morpholine rings is 1. The van der Waals surface area contributed by atoms with Crippen LogP contribution in [0.25, 0.3) is 0 Å². The van der Waals surface area contributed by atoms with Crippen molar-refractivity contribution in [2.24, 2.45) is 0 Å². The van der Waals surface area contributed by atoms with Gasteiger partial charge in [-0.1, -0.05) is 0 Å². The van der Waals surface area contributed by atoms with Crippen molar-refractivity contribution >= 4 is 27.3 Å². The van der Waals surface area contributed by atoms with Crippen LogP contribution in [0.15, 0.2) is 29.4 Å². The SMILES string of the molecule is C[C@H]1COCCN1c1cc(C2(S(=O)(=O)c3ccc(F)cn3)CC2)nc(Cl)n1. The molecule has 2 aromatic rings. The largest absolute Gasteiger partial charge is 0.377 e. The van der Waals surface area contributed by atoms with Crippen molar-refractivity contribution in [2.45, 2.75) is 35.6 Å². The number of anilines is 1. The van der Waals surface area contributed by atoms with E-state index >= 15 is 0 Å². The van der Waals surface area contributed by atoms with Gasteiger partial charge in [-0.15, -0.1) is 0 Å². The summed E-state index contributed by atoms with van der Waals surface area (Å²) in [6.07, 6.45) is 1.70. The van der Waals surface area contributed by atoms with Crippen LogP contribution < -0.4 is 4.90 Å². The van der Waals surface area contributed by atoms with Gasteiger partial charge in [0.1, 0.15) is 16.4 Å². The van der Waals surface area contributed by atoms with Crippen molar-refractivity contribution in [2.75, 3.05) is 24.7 Å². The fraction of sp³-hybridized carbons (Fsp3) is 0.471. The third kappa shape index (κ3) is 3.17. The Kier molecular flexibility index (Phi) is 4.56. The summed E-state index contributed by atoms with van der Waals surface area (Å²) in [5.74, 6) is -0.0122. The Bertz CT molecular complexity index is 967. The maximum atomic E-state index is 13.2. The summed E-state index contributed by atoms with van der Waals surface area (Å²) in [6.45, 7) is 3.75. The first-order valence-electron chi connectivity index (χ1n) is 8.59. The Balaban J connectivity index is 1.75. The van der Waals surface area contributed by atoms with Gasteiger partial charge in [0.05, 0.1) is 31.1 Å². The van der Waals surface area contributed by atoms with Gasteiger partial charge in [-0.05, 0) is 43.5 Å². The molecule has 1 saturated heterocycles. The molecule has 0 N–H and O–H groups in total. The normalized spacial score (nSPS) is 21.9. The van der Waals surface area contributed by atoms with Gasteiger partial charge in [-0.3, -0.25) is 0 Å². The van der Waals surface area contributed by atoms with E-state index in [9.17, 15) is 12.8 Å². The van der Waals surface area contributed by atoms with Crippen molar-refractivity contribution < 1.29 is 17.5 Å². The topological polar surface area (TPSA) is 85.3 Å². The maximum absolute atomic E-state index is 13.2. The predicted molar refractivity (Wildman–Crippen MR) is 97.0 cm³/mol. The molecule has 27 heavy (non-hydrogen) atoms. The smallest absolute Gasteiger partial charge is 0.224 e. The molecule has 144 valence electrons. The first kappa shape index (κ1) is 18.5. The fourth-order valence-corrected chi connectivity index (χ4v) is 5.39. The molecule has 0 aromatic carbocycles.